The first-order chi connectivity index (χ1) is 29.2. The van der Waals surface area contributed by atoms with Gasteiger partial charge in [0, 0.05) is 43.4 Å². The van der Waals surface area contributed by atoms with Crippen molar-refractivity contribution in [1.82, 2.24) is 19.1 Å². The second-order valence-electron chi connectivity index (χ2n) is 14.8. The summed E-state index contributed by atoms with van der Waals surface area (Å²) in [6.45, 7) is 0. The number of fused-ring (bicyclic) bond motifs is 9. The molecule has 0 spiro atoms. The summed E-state index contributed by atoms with van der Waals surface area (Å²) in [4.78, 5) is 10.4. The van der Waals surface area contributed by atoms with Crippen LogP contribution in [0.5, 0.6) is 0 Å². The lowest BCUT2D eigenvalue weighted by Gasteiger charge is -2.16. The molecule has 274 valence electrons. The Kier molecular flexibility index (Phi) is 7.19. The maximum Gasteiger partial charge on any atom is 0.164 e. The molecule has 0 amide bonds. The van der Waals surface area contributed by atoms with E-state index in [0.717, 1.165) is 88.1 Å². The van der Waals surface area contributed by atoms with Crippen LogP contribution in [-0.2, 0) is 0 Å². The minimum atomic E-state index is 0.504. The Bertz CT molecular complexity index is 3520. The molecule has 0 bridgehead atoms. The van der Waals surface area contributed by atoms with E-state index < -0.39 is 0 Å². The molecule has 0 aliphatic carbocycles. The average molecular weight is 754 g/mol. The van der Waals surface area contributed by atoms with Gasteiger partial charge in [-0.25, -0.2) is 9.97 Å². The Morgan fingerprint density at radius 1 is 0.424 bits per heavy atom. The van der Waals surface area contributed by atoms with Crippen molar-refractivity contribution < 1.29 is 4.42 Å². The molecule has 6 heteroatoms. The lowest BCUT2D eigenvalue weighted by Crippen LogP contribution is -2.05. The van der Waals surface area contributed by atoms with Crippen LogP contribution in [0.3, 0.4) is 0 Å². The van der Waals surface area contributed by atoms with Gasteiger partial charge in [-0.05, 0) is 42.5 Å². The lowest BCUT2D eigenvalue weighted by molar-refractivity contribution is 0.666. The van der Waals surface area contributed by atoms with Crippen LogP contribution in [0.15, 0.2) is 192 Å². The van der Waals surface area contributed by atoms with Gasteiger partial charge in [0.15, 0.2) is 11.4 Å². The first-order valence-corrected chi connectivity index (χ1v) is 19.6. The molecule has 8 aromatic carbocycles. The SMILES string of the molecule is N#Cc1c(-n2c3ccccc3c3ccccc32)cc2c(oc3c(-c4nc(-c5ccccc5)cc(-c5ccccc5)n4)cccc32)c1-n1c2ccccc2c2ccccc21. The van der Waals surface area contributed by atoms with E-state index in [9.17, 15) is 5.26 Å². The fourth-order valence-corrected chi connectivity index (χ4v) is 9.00. The van der Waals surface area contributed by atoms with Gasteiger partial charge in [0.25, 0.3) is 0 Å². The highest BCUT2D eigenvalue weighted by Gasteiger charge is 2.27. The van der Waals surface area contributed by atoms with Crippen molar-refractivity contribution in [3.05, 3.63) is 194 Å². The van der Waals surface area contributed by atoms with Gasteiger partial charge in [0.1, 0.15) is 22.9 Å². The molecule has 4 aromatic heterocycles. The van der Waals surface area contributed by atoms with Crippen LogP contribution in [0.2, 0.25) is 0 Å². The Labute approximate surface area is 338 Å². The molecule has 0 aliphatic rings. The van der Waals surface area contributed by atoms with E-state index in [-0.39, 0.29) is 0 Å². The van der Waals surface area contributed by atoms with E-state index in [1.165, 1.54) is 0 Å². The van der Waals surface area contributed by atoms with Crippen molar-refractivity contribution in [2.24, 2.45) is 0 Å². The number of aromatic nitrogens is 4. The van der Waals surface area contributed by atoms with Gasteiger partial charge in [0.05, 0.1) is 44.7 Å². The minimum absolute atomic E-state index is 0.504. The molecule has 0 saturated carbocycles. The summed E-state index contributed by atoms with van der Waals surface area (Å²) < 4.78 is 11.7. The van der Waals surface area contributed by atoms with E-state index in [1.807, 2.05) is 54.6 Å². The molecule has 6 nitrogen and oxygen atoms in total. The Morgan fingerprint density at radius 2 is 0.881 bits per heavy atom. The maximum absolute atomic E-state index is 11.5. The van der Waals surface area contributed by atoms with Gasteiger partial charge >= 0.3 is 0 Å². The third kappa shape index (κ3) is 4.92. The van der Waals surface area contributed by atoms with Crippen molar-refractivity contribution in [3.63, 3.8) is 0 Å². The molecular formula is C53H31N5O. The van der Waals surface area contributed by atoms with Crippen LogP contribution < -0.4 is 0 Å². The zero-order chi connectivity index (χ0) is 39.0. The van der Waals surface area contributed by atoms with Gasteiger partial charge < -0.3 is 13.6 Å². The van der Waals surface area contributed by atoms with Gasteiger partial charge in [-0.3, -0.25) is 0 Å². The van der Waals surface area contributed by atoms with E-state index in [0.29, 0.717) is 28.2 Å². The summed E-state index contributed by atoms with van der Waals surface area (Å²) in [5.41, 5.74) is 11.6. The van der Waals surface area contributed by atoms with Crippen molar-refractivity contribution in [2.75, 3.05) is 0 Å². The molecule has 0 N–H and O–H groups in total. The van der Waals surface area contributed by atoms with Crippen LogP contribution >= 0.6 is 0 Å². The van der Waals surface area contributed by atoms with Crippen LogP contribution in [0.4, 0.5) is 0 Å². The number of rotatable bonds is 5. The molecule has 0 unspecified atom stereocenters. The van der Waals surface area contributed by atoms with Crippen LogP contribution in [0.25, 0.3) is 111 Å². The summed E-state index contributed by atoms with van der Waals surface area (Å²) in [5.74, 6) is 0.552. The van der Waals surface area contributed by atoms with Crippen molar-refractivity contribution in [3.8, 4) is 51.3 Å². The molecule has 4 heterocycles. The smallest absolute Gasteiger partial charge is 0.164 e. The Morgan fingerprint density at radius 3 is 1.39 bits per heavy atom. The van der Waals surface area contributed by atoms with Gasteiger partial charge in [-0.15, -0.1) is 0 Å². The molecule has 0 atom stereocenters. The predicted molar refractivity (Wildman–Crippen MR) is 239 cm³/mol. The molecule has 0 saturated heterocycles. The highest BCUT2D eigenvalue weighted by Crippen LogP contribution is 2.45. The predicted octanol–water partition coefficient (Wildman–Crippen LogP) is 13.4. The number of hydrogen-bond donors (Lipinski definition) is 0. The van der Waals surface area contributed by atoms with Crippen molar-refractivity contribution in [1.29, 1.82) is 5.26 Å². The summed E-state index contributed by atoms with van der Waals surface area (Å²) in [5, 5.41) is 17.7. The third-order valence-corrected chi connectivity index (χ3v) is 11.6. The molecule has 0 aliphatic heterocycles. The Balaban J connectivity index is 1.23. The van der Waals surface area contributed by atoms with E-state index in [1.54, 1.807) is 0 Å². The number of hydrogen-bond acceptors (Lipinski definition) is 4. The summed E-state index contributed by atoms with van der Waals surface area (Å²) in [6, 6.07) is 67.1. The van der Waals surface area contributed by atoms with Gasteiger partial charge in [-0.2, -0.15) is 5.26 Å². The summed E-state index contributed by atoms with van der Waals surface area (Å²) in [7, 11) is 0. The zero-order valence-corrected chi connectivity index (χ0v) is 31.5. The van der Waals surface area contributed by atoms with Crippen molar-refractivity contribution >= 4 is 65.6 Å². The Hall–Kier alpha value is -8.27. The summed E-state index contributed by atoms with van der Waals surface area (Å²) in [6.07, 6.45) is 0. The lowest BCUT2D eigenvalue weighted by atomic mass is 10.0. The fraction of sp³-hybridized carbons (Fsp3) is 0. The van der Waals surface area contributed by atoms with Gasteiger partial charge in [0.2, 0.25) is 0 Å². The van der Waals surface area contributed by atoms with E-state index in [4.69, 9.17) is 14.4 Å². The standard InChI is InChI=1S/C53H31N5O/c54-32-42-49(57-45-26-11-7-20-35(45)36-21-8-12-27-46(36)57)30-41-39-24-15-25-40(53-55-43(33-16-3-1-4-17-33)31-44(56-53)34-18-5-2-6-19-34)51(39)59-52(41)50(42)58-47-28-13-9-22-37(47)38-23-10-14-29-48(38)58/h1-31H. The largest absolute Gasteiger partial charge is 0.453 e. The zero-order valence-electron chi connectivity index (χ0n) is 31.5. The number of benzene rings is 8. The normalized spacial score (nSPS) is 11.7. The summed E-state index contributed by atoms with van der Waals surface area (Å²) >= 11 is 0. The number of nitrogens with zero attached hydrogens (tertiary/aromatic N) is 5. The first kappa shape index (κ1) is 32.9. The third-order valence-electron chi connectivity index (χ3n) is 11.6. The second-order valence-corrected chi connectivity index (χ2v) is 14.8. The molecule has 12 rings (SSSR count). The van der Waals surface area contributed by atoms with E-state index in [2.05, 4.69) is 149 Å². The number of furan rings is 1. The highest BCUT2D eigenvalue weighted by atomic mass is 16.3. The van der Waals surface area contributed by atoms with E-state index >= 15 is 0 Å². The average Bonchev–Trinajstić information content (AvgIpc) is 3.96. The molecule has 59 heavy (non-hydrogen) atoms. The minimum Gasteiger partial charge on any atom is -0.453 e. The quantitative estimate of drug-likeness (QED) is 0.175. The fourth-order valence-electron chi connectivity index (χ4n) is 9.00. The number of para-hydroxylation sites is 5. The topological polar surface area (TPSA) is 72.6 Å². The first-order valence-electron chi connectivity index (χ1n) is 19.6. The highest BCUT2D eigenvalue weighted by molar-refractivity contribution is 6.17. The molecule has 12 aromatic rings. The van der Waals surface area contributed by atoms with Gasteiger partial charge in [-0.1, -0.05) is 146 Å². The molecular weight excluding hydrogens is 723 g/mol. The monoisotopic (exact) mass is 753 g/mol. The second kappa shape index (κ2) is 12.9. The number of nitriles is 1. The van der Waals surface area contributed by atoms with Crippen LogP contribution in [-0.4, -0.2) is 19.1 Å². The maximum atomic E-state index is 11.5. The van der Waals surface area contributed by atoms with Crippen molar-refractivity contribution in [2.45, 2.75) is 0 Å². The van der Waals surface area contributed by atoms with Crippen LogP contribution in [0, 0.1) is 11.3 Å². The molecule has 0 radical (unpaired) electrons. The van der Waals surface area contributed by atoms with Crippen LogP contribution in [0.1, 0.15) is 5.56 Å². The molecule has 0 fully saturated rings.